The second kappa shape index (κ2) is 7.67. The van der Waals surface area contributed by atoms with E-state index in [1.165, 1.54) is 0 Å². The molecule has 0 aliphatic rings. The summed E-state index contributed by atoms with van der Waals surface area (Å²) >= 11 is 1.74. The zero-order valence-corrected chi connectivity index (χ0v) is 10.1. The number of thioether (sulfide) groups is 1. The third kappa shape index (κ3) is 5.15. The second-order valence-electron chi connectivity index (χ2n) is 3.17. The molecule has 0 saturated carbocycles. The van der Waals surface area contributed by atoms with E-state index in [1.807, 2.05) is 11.6 Å². The molecule has 0 aromatic carbocycles. The molecule has 0 bridgehead atoms. The van der Waals surface area contributed by atoms with Gasteiger partial charge in [0, 0.05) is 26.5 Å². The molecule has 0 radical (unpaired) electrons. The Hall–Kier alpha value is -0.590. The SMILES string of the molecule is COCCNCCCSc1nncn1C. The zero-order valence-electron chi connectivity index (χ0n) is 9.27. The minimum absolute atomic E-state index is 0.774. The highest BCUT2D eigenvalue weighted by atomic mass is 32.2. The lowest BCUT2D eigenvalue weighted by Crippen LogP contribution is -2.20. The summed E-state index contributed by atoms with van der Waals surface area (Å²) in [4.78, 5) is 0. The van der Waals surface area contributed by atoms with Gasteiger partial charge in [0.25, 0.3) is 0 Å². The van der Waals surface area contributed by atoms with Gasteiger partial charge in [-0.1, -0.05) is 11.8 Å². The summed E-state index contributed by atoms with van der Waals surface area (Å²) in [5.41, 5.74) is 0. The van der Waals surface area contributed by atoms with Crippen LogP contribution in [0.4, 0.5) is 0 Å². The van der Waals surface area contributed by atoms with Crippen molar-refractivity contribution >= 4 is 11.8 Å². The Morgan fingerprint density at radius 1 is 1.53 bits per heavy atom. The van der Waals surface area contributed by atoms with Crippen molar-refractivity contribution in [2.24, 2.45) is 7.05 Å². The first-order valence-electron chi connectivity index (χ1n) is 5.01. The summed E-state index contributed by atoms with van der Waals surface area (Å²) in [6.07, 6.45) is 2.85. The van der Waals surface area contributed by atoms with Gasteiger partial charge in [-0.05, 0) is 13.0 Å². The van der Waals surface area contributed by atoms with Crippen molar-refractivity contribution in [3.05, 3.63) is 6.33 Å². The highest BCUT2D eigenvalue weighted by Crippen LogP contribution is 2.13. The maximum atomic E-state index is 4.93. The van der Waals surface area contributed by atoms with Gasteiger partial charge in [-0.25, -0.2) is 0 Å². The Morgan fingerprint density at radius 3 is 3.07 bits per heavy atom. The van der Waals surface area contributed by atoms with E-state index in [2.05, 4.69) is 15.5 Å². The molecular weight excluding hydrogens is 212 g/mol. The van der Waals surface area contributed by atoms with Gasteiger partial charge in [-0.2, -0.15) is 0 Å². The smallest absolute Gasteiger partial charge is 0.190 e. The first-order valence-corrected chi connectivity index (χ1v) is 5.99. The van der Waals surface area contributed by atoms with E-state index in [9.17, 15) is 0 Å². The summed E-state index contributed by atoms with van der Waals surface area (Å²) in [7, 11) is 3.67. The van der Waals surface area contributed by atoms with Crippen molar-refractivity contribution in [3.63, 3.8) is 0 Å². The standard InChI is InChI=1S/C9H18N4OS/c1-13-8-11-12-9(13)15-7-3-4-10-5-6-14-2/h8,10H,3-7H2,1-2H3. The maximum Gasteiger partial charge on any atom is 0.190 e. The number of ether oxygens (including phenoxy) is 1. The Kier molecular flexibility index (Phi) is 6.38. The molecule has 1 heterocycles. The number of methoxy groups -OCH3 is 1. The summed E-state index contributed by atoms with van der Waals surface area (Å²) in [6, 6.07) is 0. The average Bonchev–Trinajstić information content (AvgIpc) is 2.63. The molecule has 0 atom stereocenters. The molecule has 0 aliphatic carbocycles. The van der Waals surface area contributed by atoms with Crippen LogP contribution in [0.1, 0.15) is 6.42 Å². The van der Waals surface area contributed by atoms with Crippen LogP contribution in [0.3, 0.4) is 0 Å². The lowest BCUT2D eigenvalue weighted by atomic mass is 10.5. The van der Waals surface area contributed by atoms with Crippen molar-refractivity contribution in [2.45, 2.75) is 11.6 Å². The molecule has 0 fully saturated rings. The highest BCUT2D eigenvalue weighted by molar-refractivity contribution is 7.99. The molecule has 86 valence electrons. The summed E-state index contributed by atoms with van der Waals surface area (Å²) < 4.78 is 6.87. The van der Waals surface area contributed by atoms with Gasteiger partial charge in [0.05, 0.1) is 6.61 Å². The van der Waals surface area contributed by atoms with Crippen LogP contribution in [0.5, 0.6) is 0 Å². The molecule has 1 aromatic heterocycles. The number of rotatable bonds is 8. The molecule has 0 aliphatic heterocycles. The molecular formula is C9H18N4OS. The quantitative estimate of drug-likeness (QED) is 0.521. The van der Waals surface area contributed by atoms with Crippen molar-refractivity contribution in [2.75, 3.05) is 32.6 Å². The van der Waals surface area contributed by atoms with E-state index < -0.39 is 0 Å². The van der Waals surface area contributed by atoms with Crippen LogP contribution in [-0.4, -0.2) is 47.3 Å². The zero-order chi connectivity index (χ0) is 10.9. The minimum atomic E-state index is 0.774. The van der Waals surface area contributed by atoms with Gasteiger partial charge in [-0.15, -0.1) is 10.2 Å². The van der Waals surface area contributed by atoms with E-state index >= 15 is 0 Å². The maximum absolute atomic E-state index is 4.93. The highest BCUT2D eigenvalue weighted by Gasteiger charge is 1.99. The van der Waals surface area contributed by atoms with Crippen LogP contribution in [-0.2, 0) is 11.8 Å². The van der Waals surface area contributed by atoms with Crippen LogP contribution < -0.4 is 5.32 Å². The van der Waals surface area contributed by atoms with Crippen LogP contribution in [0, 0.1) is 0 Å². The van der Waals surface area contributed by atoms with E-state index in [0.717, 1.165) is 37.0 Å². The molecule has 5 nitrogen and oxygen atoms in total. The summed E-state index contributed by atoms with van der Waals surface area (Å²) in [5.74, 6) is 1.06. The Balaban J connectivity index is 1.96. The van der Waals surface area contributed by atoms with E-state index in [1.54, 1.807) is 25.2 Å². The van der Waals surface area contributed by atoms with Gasteiger partial charge in [-0.3, -0.25) is 0 Å². The van der Waals surface area contributed by atoms with Gasteiger partial charge in [0.2, 0.25) is 0 Å². The normalized spacial score (nSPS) is 10.8. The molecule has 0 spiro atoms. The fourth-order valence-corrected chi connectivity index (χ4v) is 1.89. The molecule has 0 unspecified atom stereocenters. The van der Waals surface area contributed by atoms with E-state index in [0.29, 0.717) is 0 Å². The van der Waals surface area contributed by atoms with Gasteiger partial charge < -0.3 is 14.6 Å². The Labute approximate surface area is 94.6 Å². The molecule has 0 saturated heterocycles. The van der Waals surface area contributed by atoms with Crippen molar-refractivity contribution in [3.8, 4) is 0 Å². The number of hydrogen-bond donors (Lipinski definition) is 1. The summed E-state index contributed by atoms with van der Waals surface area (Å²) in [6.45, 7) is 2.72. The van der Waals surface area contributed by atoms with Crippen molar-refractivity contribution < 1.29 is 4.74 Å². The first kappa shape index (κ1) is 12.5. The van der Waals surface area contributed by atoms with Gasteiger partial charge >= 0.3 is 0 Å². The number of nitrogens with zero attached hydrogens (tertiary/aromatic N) is 3. The topological polar surface area (TPSA) is 52.0 Å². The summed E-state index contributed by atoms with van der Waals surface area (Å²) in [5, 5.41) is 12.1. The monoisotopic (exact) mass is 230 g/mol. The lowest BCUT2D eigenvalue weighted by molar-refractivity contribution is 0.199. The van der Waals surface area contributed by atoms with E-state index in [4.69, 9.17) is 4.74 Å². The Morgan fingerprint density at radius 2 is 2.40 bits per heavy atom. The lowest BCUT2D eigenvalue weighted by Gasteiger charge is -2.03. The number of aromatic nitrogens is 3. The van der Waals surface area contributed by atoms with E-state index in [-0.39, 0.29) is 0 Å². The van der Waals surface area contributed by atoms with Crippen molar-refractivity contribution in [1.29, 1.82) is 0 Å². The van der Waals surface area contributed by atoms with Gasteiger partial charge in [0.1, 0.15) is 6.33 Å². The molecule has 1 aromatic rings. The molecule has 1 N–H and O–H groups in total. The fraction of sp³-hybridized carbons (Fsp3) is 0.778. The number of aryl methyl sites for hydroxylation is 1. The van der Waals surface area contributed by atoms with Crippen LogP contribution in [0.15, 0.2) is 11.5 Å². The van der Waals surface area contributed by atoms with Crippen LogP contribution in [0.2, 0.25) is 0 Å². The predicted molar refractivity (Wildman–Crippen MR) is 61.1 cm³/mol. The molecule has 1 rings (SSSR count). The average molecular weight is 230 g/mol. The predicted octanol–water partition coefficient (Wildman–Crippen LogP) is 0.533. The van der Waals surface area contributed by atoms with Gasteiger partial charge in [0.15, 0.2) is 5.16 Å². The number of hydrogen-bond acceptors (Lipinski definition) is 5. The Bertz CT molecular complexity index is 266. The minimum Gasteiger partial charge on any atom is -0.383 e. The van der Waals surface area contributed by atoms with Crippen LogP contribution >= 0.6 is 11.8 Å². The van der Waals surface area contributed by atoms with Crippen molar-refractivity contribution in [1.82, 2.24) is 20.1 Å². The van der Waals surface area contributed by atoms with Crippen LogP contribution in [0.25, 0.3) is 0 Å². The fourth-order valence-electron chi connectivity index (χ4n) is 1.06. The number of nitrogens with one attached hydrogen (secondary N) is 1. The molecule has 15 heavy (non-hydrogen) atoms. The molecule has 0 amide bonds. The largest absolute Gasteiger partial charge is 0.383 e. The third-order valence-electron chi connectivity index (χ3n) is 1.88. The molecule has 6 heteroatoms. The first-order chi connectivity index (χ1) is 7.34. The third-order valence-corrected chi connectivity index (χ3v) is 3.00. The second-order valence-corrected chi connectivity index (χ2v) is 4.23.